The van der Waals surface area contributed by atoms with Crippen molar-refractivity contribution in [2.24, 2.45) is 0 Å². The normalized spacial score (nSPS) is 11.4. The lowest BCUT2D eigenvalue weighted by Gasteiger charge is -2.07. The first-order valence-corrected chi connectivity index (χ1v) is 5.95. The van der Waals surface area contributed by atoms with E-state index in [1.54, 1.807) is 0 Å². The first-order valence-electron chi connectivity index (χ1n) is 5.95. The van der Waals surface area contributed by atoms with Gasteiger partial charge in [-0.15, -0.1) is 0 Å². The van der Waals surface area contributed by atoms with Gasteiger partial charge in [-0.3, -0.25) is 9.78 Å². The van der Waals surface area contributed by atoms with Gasteiger partial charge in [0, 0.05) is 19.3 Å². The van der Waals surface area contributed by atoms with Gasteiger partial charge >= 0.3 is 6.18 Å². The van der Waals surface area contributed by atoms with Gasteiger partial charge in [0.15, 0.2) is 0 Å². The molecule has 1 heterocycles. The molecule has 0 radical (unpaired) electrons. The van der Waals surface area contributed by atoms with Crippen LogP contribution in [0.15, 0.2) is 18.3 Å². The second-order valence-corrected chi connectivity index (χ2v) is 3.88. The largest absolute Gasteiger partial charge is 0.433 e. The van der Waals surface area contributed by atoms with Crippen molar-refractivity contribution in [3.63, 3.8) is 0 Å². The maximum absolute atomic E-state index is 12.3. The summed E-state index contributed by atoms with van der Waals surface area (Å²) < 4.78 is 41.8. The third-order valence-electron chi connectivity index (χ3n) is 2.30. The van der Waals surface area contributed by atoms with Crippen LogP contribution in [0.4, 0.5) is 13.2 Å². The number of carbonyl (C=O) groups is 1. The van der Waals surface area contributed by atoms with E-state index in [0.717, 1.165) is 18.3 Å². The van der Waals surface area contributed by atoms with Crippen molar-refractivity contribution in [3.05, 3.63) is 29.6 Å². The van der Waals surface area contributed by atoms with E-state index in [-0.39, 0.29) is 18.8 Å². The summed E-state index contributed by atoms with van der Waals surface area (Å²) in [6, 6.07) is 1.84. The Kier molecular flexibility index (Phi) is 6.40. The van der Waals surface area contributed by atoms with Crippen LogP contribution in [0.1, 0.15) is 22.5 Å². The molecule has 2 N–H and O–H groups in total. The lowest BCUT2D eigenvalue weighted by atomic mass is 10.2. The van der Waals surface area contributed by atoms with Crippen LogP contribution in [0, 0.1) is 0 Å². The fraction of sp³-hybridized carbons (Fsp3) is 0.500. The average Bonchev–Trinajstić information content (AvgIpc) is 2.41. The van der Waals surface area contributed by atoms with Gasteiger partial charge in [0.25, 0.3) is 5.91 Å². The Balaban J connectivity index is 2.37. The Hall–Kier alpha value is -1.67. The first kappa shape index (κ1) is 16.4. The molecule has 8 heteroatoms. The highest BCUT2D eigenvalue weighted by Gasteiger charge is 2.32. The van der Waals surface area contributed by atoms with E-state index in [2.05, 4.69) is 10.3 Å². The minimum absolute atomic E-state index is 0.0641. The molecular formula is C12H15F3N2O3. The highest BCUT2D eigenvalue weighted by atomic mass is 19.4. The third kappa shape index (κ3) is 5.54. The molecule has 112 valence electrons. The monoisotopic (exact) mass is 292 g/mol. The summed E-state index contributed by atoms with van der Waals surface area (Å²) in [5.41, 5.74) is -0.972. The van der Waals surface area contributed by atoms with Crippen LogP contribution in [-0.4, -0.2) is 42.4 Å². The number of pyridine rings is 1. The maximum Gasteiger partial charge on any atom is 0.433 e. The molecule has 0 atom stereocenters. The van der Waals surface area contributed by atoms with Crippen molar-refractivity contribution < 1.29 is 27.8 Å². The van der Waals surface area contributed by atoms with Crippen molar-refractivity contribution in [2.45, 2.75) is 12.6 Å². The van der Waals surface area contributed by atoms with E-state index >= 15 is 0 Å². The Labute approximate surface area is 113 Å². The van der Waals surface area contributed by atoms with Gasteiger partial charge in [0.2, 0.25) is 0 Å². The molecule has 1 amide bonds. The average molecular weight is 292 g/mol. The lowest BCUT2D eigenvalue weighted by molar-refractivity contribution is -0.141. The first-order chi connectivity index (χ1) is 9.45. The summed E-state index contributed by atoms with van der Waals surface area (Å²) in [7, 11) is 0. The molecule has 1 aromatic rings. The zero-order chi connectivity index (χ0) is 15.0. The van der Waals surface area contributed by atoms with Crippen molar-refractivity contribution in [1.82, 2.24) is 10.3 Å². The summed E-state index contributed by atoms with van der Waals surface area (Å²) in [5, 5.41) is 11.0. The Morgan fingerprint density at radius 3 is 2.65 bits per heavy atom. The number of halogens is 3. The number of amides is 1. The van der Waals surface area contributed by atoms with Gasteiger partial charge in [-0.05, 0) is 18.6 Å². The number of carbonyl (C=O) groups excluding carboxylic acids is 1. The summed E-state index contributed by atoms with van der Waals surface area (Å²) in [6.45, 7) is 0.873. The highest BCUT2D eigenvalue weighted by molar-refractivity contribution is 5.93. The highest BCUT2D eigenvalue weighted by Crippen LogP contribution is 2.27. The zero-order valence-corrected chi connectivity index (χ0v) is 10.6. The van der Waals surface area contributed by atoms with Crippen LogP contribution in [-0.2, 0) is 10.9 Å². The molecule has 0 aliphatic carbocycles. The molecule has 5 nitrogen and oxygen atoms in total. The number of hydrogen-bond acceptors (Lipinski definition) is 4. The quantitative estimate of drug-likeness (QED) is 0.742. The molecule has 0 saturated heterocycles. The molecule has 0 aliphatic rings. The predicted molar refractivity (Wildman–Crippen MR) is 64.1 cm³/mol. The fourth-order valence-corrected chi connectivity index (χ4v) is 1.34. The standard InChI is InChI=1S/C12H15F3N2O3/c13-12(14,15)10-3-2-9(8-17-10)11(19)16-4-1-6-20-7-5-18/h2-3,8,18H,1,4-7H2,(H,16,19). The molecule has 0 unspecified atom stereocenters. The molecule has 0 spiro atoms. The molecule has 0 bridgehead atoms. The van der Waals surface area contributed by atoms with E-state index in [1.165, 1.54) is 0 Å². The number of nitrogens with zero attached hydrogens (tertiary/aromatic N) is 1. The summed E-state index contributed by atoms with van der Waals surface area (Å²) in [5.74, 6) is -0.492. The minimum Gasteiger partial charge on any atom is -0.394 e. The Morgan fingerprint density at radius 2 is 2.10 bits per heavy atom. The second kappa shape index (κ2) is 7.81. The van der Waals surface area contributed by atoms with E-state index in [0.29, 0.717) is 19.6 Å². The molecule has 1 rings (SSSR count). The maximum atomic E-state index is 12.3. The van der Waals surface area contributed by atoms with Gasteiger partial charge in [-0.1, -0.05) is 0 Å². The predicted octanol–water partition coefficient (Wildman–Crippen LogP) is 1.23. The van der Waals surface area contributed by atoms with Crippen LogP contribution < -0.4 is 5.32 Å². The van der Waals surface area contributed by atoms with Crippen molar-refractivity contribution >= 4 is 5.91 Å². The smallest absolute Gasteiger partial charge is 0.394 e. The van der Waals surface area contributed by atoms with Crippen LogP contribution in [0.25, 0.3) is 0 Å². The number of aliphatic hydroxyl groups excluding tert-OH is 1. The number of rotatable bonds is 7. The summed E-state index contributed by atoms with van der Waals surface area (Å²) in [6.07, 6.45) is -3.08. The number of alkyl halides is 3. The van der Waals surface area contributed by atoms with E-state index in [9.17, 15) is 18.0 Å². The molecule has 0 aliphatic heterocycles. The number of aromatic nitrogens is 1. The van der Waals surface area contributed by atoms with Crippen molar-refractivity contribution in [3.8, 4) is 0 Å². The molecule has 0 fully saturated rings. The van der Waals surface area contributed by atoms with E-state index in [4.69, 9.17) is 9.84 Å². The van der Waals surface area contributed by atoms with Gasteiger partial charge in [-0.25, -0.2) is 0 Å². The third-order valence-corrected chi connectivity index (χ3v) is 2.30. The minimum atomic E-state index is -4.51. The van der Waals surface area contributed by atoms with Gasteiger partial charge in [0.1, 0.15) is 5.69 Å². The van der Waals surface area contributed by atoms with Gasteiger partial charge in [-0.2, -0.15) is 13.2 Å². The number of hydrogen-bond donors (Lipinski definition) is 2. The van der Waals surface area contributed by atoms with Gasteiger partial charge < -0.3 is 15.2 Å². The number of nitrogens with one attached hydrogen (secondary N) is 1. The van der Waals surface area contributed by atoms with Crippen LogP contribution >= 0.6 is 0 Å². The van der Waals surface area contributed by atoms with Crippen molar-refractivity contribution in [2.75, 3.05) is 26.4 Å². The van der Waals surface area contributed by atoms with Crippen LogP contribution in [0.3, 0.4) is 0 Å². The Morgan fingerprint density at radius 1 is 1.35 bits per heavy atom. The molecule has 0 saturated carbocycles. The Bertz CT molecular complexity index is 421. The van der Waals surface area contributed by atoms with E-state index < -0.39 is 17.8 Å². The number of ether oxygens (including phenoxy) is 1. The zero-order valence-electron chi connectivity index (χ0n) is 10.6. The van der Waals surface area contributed by atoms with Crippen molar-refractivity contribution in [1.29, 1.82) is 0 Å². The SMILES string of the molecule is O=C(NCCCOCCO)c1ccc(C(F)(F)F)nc1. The molecule has 20 heavy (non-hydrogen) atoms. The summed E-state index contributed by atoms with van der Waals surface area (Å²) >= 11 is 0. The van der Waals surface area contributed by atoms with Crippen LogP contribution in [0.2, 0.25) is 0 Å². The molecule has 1 aromatic heterocycles. The van der Waals surface area contributed by atoms with E-state index in [1.807, 2.05) is 0 Å². The summed E-state index contributed by atoms with van der Waals surface area (Å²) in [4.78, 5) is 14.8. The van der Waals surface area contributed by atoms with Gasteiger partial charge in [0.05, 0.1) is 18.8 Å². The molecular weight excluding hydrogens is 277 g/mol. The number of aliphatic hydroxyl groups is 1. The molecule has 0 aromatic carbocycles. The lowest BCUT2D eigenvalue weighted by Crippen LogP contribution is -2.25. The van der Waals surface area contributed by atoms with Crippen LogP contribution in [0.5, 0.6) is 0 Å². The topological polar surface area (TPSA) is 71.5 Å². The fourth-order valence-electron chi connectivity index (χ4n) is 1.34. The second-order valence-electron chi connectivity index (χ2n) is 3.88.